The number of anilines is 1. The largest absolute Gasteiger partial charge is 0.368 e. The van der Waals surface area contributed by atoms with Crippen LogP contribution < -0.4 is 10.6 Å². The number of pyridine rings is 1. The highest BCUT2D eigenvalue weighted by Gasteiger charge is 2.21. The van der Waals surface area contributed by atoms with Crippen LogP contribution in [0, 0.1) is 0 Å². The zero-order valence-corrected chi connectivity index (χ0v) is 14.2. The highest BCUT2D eigenvalue weighted by Crippen LogP contribution is 2.24. The summed E-state index contributed by atoms with van der Waals surface area (Å²) in [5.41, 5.74) is 9.92. The quantitative estimate of drug-likeness (QED) is 0.754. The lowest BCUT2D eigenvalue weighted by Gasteiger charge is -2.28. The number of carbonyl (C=O) groups excluding carboxylic acids is 1. The number of primary amides is 1. The fourth-order valence-corrected chi connectivity index (χ4v) is 2.88. The van der Waals surface area contributed by atoms with Gasteiger partial charge in [0.1, 0.15) is 6.04 Å². The predicted molar refractivity (Wildman–Crippen MR) is 101 cm³/mol. The molecule has 4 heteroatoms. The SMILES string of the molecule is CN(c1ccc(-c2ccncc2)cc1)[C@H](Cc1ccccc1)C(N)=O. The van der Waals surface area contributed by atoms with Crippen molar-refractivity contribution in [2.24, 2.45) is 5.73 Å². The smallest absolute Gasteiger partial charge is 0.240 e. The molecule has 0 saturated heterocycles. The second-order valence-electron chi connectivity index (χ2n) is 6.00. The van der Waals surface area contributed by atoms with Crippen molar-refractivity contribution in [2.45, 2.75) is 12.5 Å². The van der Waals surface area contributed by atoms with Crippen LogP contribution in [-0.2, 0) is 11.2 Å². The van der Waals surface area contributed by atoms with Gasteiger partial charge in [-0.1, -0.05) is 42.5 Å². The van der Waals surface area contributed by atoms with Crippen molar-refractivity contribution < 1.29 is 4.79 Å². The summed E-state index contributed by atoms with van der Waals surface area (Å²) in [6, 6.07) is 21.6. The molecule has 3 aromatic rings. The van der Waals surface area contributed by atoms with Gasteiger partial charge in [0.15, 0.2) is 0 Å². The Bertz CT molecular complexity index is 817. The van der Waals surface area contributed by atoms with E-state index in [-0.39, 0.29) is 5.91 Å². The average Bonchev–Trinajstić information content (AvgIpc) is 2.67. The summed E-state index contributed by atoms with van der Waals surface area (Å²) in [4.78, 5) is 18.0. The van der Waals surface area contributed by atoms with Gasteiger partial charge in [-0.25, -0.2) is 0 Å². The number of aromatic nitrogens is 1. The van der Waals surface area contributed by atoms with E-state index in [0.717, 1.165) is 22.4 Å². The molecule has 0 unspecified atom stereocenters. The molecular weight excluding hydrogens is 310 g/mol. The molecule has 1 atom stereocenters. The monoisotopic (exact) mass is 331 g/mol. The van der Waals surface area contributed by atoms with Gasteiger partial charge in [-0.05, 0) is 41.0 Å². The lowest BCUT2D eigenvalue weighted by atomic mass is 10.0. The van der Waals surface area contributed by atoms with Crippen LogP contribution >= 0.6 is 0 Å². The summed E-state index contributed by atoms with van der Waals surface area (Å²) in [5, 5.41) is 0. The standard InChI is InChI=1S/C21H21N3O/c1-24(20(21(22)25)15-16-5-3-2-4-6-16)19-9-7-17(8-10-19)18-11-13-23-14-12-18/h2-14,20H,15H2,1H3,(H2,22,25)/t20-/m1/s1. The zero-order valence-electron chi connectivity index (χ0n) is 14.2. The second-order valence-corrected chi connectivity index (χ2v) is 6.00. The van der Waals surface area contributed by atoms with Crippen LogP contribution in [0.4, 0.5) is 5.69 Å². The molecule has 4 nitrogen and oxygen atoms in total. The lowest BCUT2D eigenvalue weighted by Crippen LogP contribution is -2.44. The Labute approximate surface area is 147 Å². The van der Waals surface area contributed by atoms with Crippen LogP contribution in [0.1, 0.15) is 5.56 Å². The van der Waals surface area contributed by atoms with Crippen LogP contribution in [0.2, 0.25) is 0 Å². The first-order valence-electron chi connectivity index (χ1n) is 8.21. The molecule has 1 aromatic heterocycles. The van der Waals surface area contributed by atoms with Gasteiger partial charge in [0, 0.05) is 31.5 Å². The third kappa shape index (κ3) is 4.04. The van der Waals surface area contributed by atoms with Crippen LogP contribution in [0.5, 0.6) is 0 Å². The highest BCUT2D eigenvalue weighted by molar-refractivity contribution is 5.84. The van der Waals surface area contributed by atoms with E-state index in [1.807, 2.05) is 78.7 Å². The topological polar surface area (TPSA) is 59.2 Å². The van der Waals surface area contributed by atoms with Crippen LogP contribution in [0.25, 0.3) is 11.1 Å². The van der Waals surface area contributed by atoms with Gasteiger partial charge in [0.2, 0.25) is 5.91 Å². The Hall–Kier alpha value is -3.14. The number of nitrogens with zero attached hydrogens (tertiary/aromatic N) is 2. The summed E-state index contributed by atoms with van der Waals surface area (Å²) in [7, 11) is 1.90. The van der Waals surface area contributed by atoms with Crippen molar-refractivity contribution in [1.29, 1.82) is 0 Å². The van der Waals surface area contributed by atoms with E-state index in [9.17, 15) is 4.79 Å². The molecule has 3 rings (SSSR count). The van der Waals surface area contributed by atoms with Crippen molar-refractivity contribution in [3.05, 3.63) is 84.7 Å². The number of hydrogen-bond acceptors (Lipinski definition) is 3. The van der Waals surface area contributed by atoms with Crippen molar-refractivity contribution in [3.8, 4) is 11.1 Å². The van der Waals surface area contributed by atoms with E-state index in [1.165, 1.54) is 0 Å². The molecule has 1 heterocycles. The molecular formula is C21H21N3O. The Morgan fingerprint density at radius 3 is 2.16 bits per heavy atom. The third-order valence-electron chi connectivity index (χ3n) is 4.36. The van der Waals surface area contributed by atoms with Gasteiger partial charge in [-0.15, -0.1) is 0 Å². The summed E-state index contributed by atoms with van der Waals surface area (Å²) >= 11 is 0. The number of nitrogens with two attached hydrogens (primary N) is 1. The summed E-state index contributed by atoms with van der Waals surface area (Å²) in [6.07, 6.45) is 4.13. The average molecular weight is 331 g/mol. The van der Waals surface area contributed by atoms with Gasteiger partial charge in [0.05, 0.1) is 0 Å². The highest BCUT2D eigenvalue weighted by atomic mass is 16.1. The van der Waals surface area contributed by atoms with Crippen molar-refractivity contribution >= 4 is 11.6 Å². The summed E-state index contributed by atoms with van der Waals surface area (Å²) < 4.78 is 0. The number of carbonyl (C=O) groups is 1. The Morgan fingerprint density at radius 2 is 1.56 bits per heavy atom. The number of likely N-dealkylation sites (N-methyl/N-ethyl adjacent to an activating group) is 1. The summed E-state index contributed by atoms with van der Waals surface area (Å²) in [6.45, 7) is 0. The van der Waals surface area contributed by atoms with E-state index in [2.05, 4.69) is 4.98 Å². The molecule has 0 spiro atoms. The maximum atomic E-state index is 12.0. The predicted octanol–water partition coefficient (Wildman–Crippen LogP) is 3.28. The zero-order chi connectivity index (χ0) is 17.6. The van der Waals surface area contributed by atoms with Crippen LogP contribution in [0.15, 0.2) is 79.1 Å². The molecule has 25 heavy (non-hydrogen) atoms. The fourth-order valence-electron chi connectivity index (χ4n) is 2.88. The van der Waals surface area contributed by atoms with E-state index in [0.29, 0.717) is 6.42 Å². The molecule has 0 aliphatic carbocycles. The van der Waals surface area contributed by atoms with Gasteiger partial charge < -0.3 is 10.6 Å². The molecule has 126 valence electrons. The Morgan fingerprint density at radius 1 is 0.960 bits per heavy atom. The molecule has 0 fully saturated rings. The maximum Gasteiger partial charge on any atom is 0.240 e. The van der Waals surface area contributed by atoms with Gasteiger partial charge in [-0.2, -0.15) is 0 Å². The normalized spacial score (nSPS) is 11.7. The van der Waals surface area contributed by atoms with Crippen molar-refractivity contribution in [3.63, 3.8) is 0 Å². The van der Waals surface area contributed by atoms with Crippen molar-refractivity contribution in [2.75, 3.05) is 11.9 Å². The first kappa shape index (κ1) is 16.7. The third-order valence-corrected chi connectivity index (χ3v) is 4.36. The number of amides is 1. The van der Waals surface area contributed by atoms with Gasteiger partial charge in [0.25, 0.3) is 0 Å². The van der Waals surface area contributed by atoms with E-state index in [1.54, 1.807) is 12.4 Å². The first-order valence-corrected chi connectivity index (χ1v) is 8.21. The van der Waals surface area contributed by atoms with E-state index >= 15 is 0 Å². The second kappa shape index (κ2) is 7.62. The molecule has 0 bridgehead atoms. The molecule has 1 amide bonds. The number of benzene rings is 2. The van der Waals surface area contributed by atoms with Crippen LogP contribution in [0.3, 0.4) is 0 Å². The van der Waals surface area contributed by atoms with E-state index in [4.69, 9.17) is 5.73 Å². The molecule has 0 aliphatic rings. The fraction of sp³-hybridized carbons (Fsp3) is 0.143. The molecule has 0 radical (unpaired) electrons. The Kier molecular flexibility index (Phi) is 5.09. The lowest BCUT2D eigenvalue weighted by molar-refractivity contribution is -0.119. The minimum atomic E-state index is -0.394. The molecule has 0 aliphatic heterocycles. The molecule has 2 aromatic carbocycles. The first-order chi connectivity index (χ1) is 12.1. The maximum absolute atomic E-state index is 12.0. The Balaban J connectivity index is 1.80. The molecule has 2 N–H and O–H groups in total. The number of rotatable bonds is 6. The minimum Gasteiger partial charge on any atom is -0.368 e. The van der Waals surface area contributed by atoms with Gasteiger partial charge >= 0.3 is 0 Å². The minimum absolute atomic E-state index is 0.329. The number of hydrogen-bond donors (Lipinski definition) is 1. The van der Waals surface area contributed by atoms with Crippen molar-refractivity contribution in [1.82, 2.24) is 4.98 Å². The van der Waals surface area contributed by atoms with Gasteiger partial charge in [-0.3, -0.25) is 9.78 Å². The van der Waals surface area contributed by atoms with E-state index < -0.39 is 6.04 Å². The van der Waals surface area contributed by atoms with Crippen LogP contribution in [-0.4, -0.2) is 24.0 Å². The summed E-state index contributed by atoms with van der Waals surface area (Å²) in [5.74, 6) is -0.329. The molecule has 0 saturated carbocycles.